The molecule has 0 aromatic carbocycles. The van der Waals surface area contributed by atoms with E-state index in [0.717, 1.165) is 18.7 Å². The molecule has 1 rings (SSSR count). The molecule has 2 N–H and O–H groups in total. The first-order valence-corrected chi connectivity index (χ1v) is 7.48. The molecular weight excluding hydrogens is 220 g/mol. The second-order valence-corrected chi connectivity index (χ2v) is 5.81. The molecule has 0 aromatic heterocycles. The van der Waals surface area contributed by atoms with Crippen molar-refractivity contribution in [2.75, 3.05) is 18.6 Å². The van der Waals surface area contributed by atoms with Crippen molar-refractivity contribution in [3.8, 4) is 0 Å². The van der Waals surface area contributed by atoms with Crippen LogP contribution in [0.1, 0.15) is 27.2 Å². The molecule has 0 aromatic rings. The molecule has 0 saturated carbocycles. The molecule has 0 spiro atoms. The van der Waals surface area contributed by atoms with Crippen molar-refractivity contribution in [2.24, 2.45) is 11.8 Å². The van der Waals surface area contributed by atoms with Crippen molar-refractivity contribution < 1.29 is 4.79 Å². The van der Waals surface area contributed by atoms with Crippen LogP contribution in [-0.2, 0) is 4.79 Å². The van der Waals surface area contributed by atoms with Gasteiger partial charge in [-0.15, -0.1) is 0 Å². The average molecular weight is 244 g/mol. The molecule has 0 bridgehead atoms. The lowest BCUT2D eigenvalue weighted by molar-refractivity contribution is -0.125. The van der Waals surface area contributed by atoms with Gasteiger partial charge in [-0.05, 0) is 32.1 Å². The summed E-state index contributed by atoms with van der Waals surface area (Å²) < 4.78 is 0. The van der Waals surface area contributed by atoms with Crippen LogP contribution in [0.3, 0.4) is 0 Å². The number of rotatable bonds is 4. The highest BCUT2D eigenvalue weighted by atomic mass is 32.2. The Labute approximate surface area is 103 Å². The van der Waals surface area contributed by atoms with E-state index in [-0.39, 0.29) is 17.9 Å². The Hall–Kier alpha value is -0.220. The molecule has 4 atom stereocenters. The summed E-state index contributed by atoms with van der Waals surface area (Å²) in [6.45, 7) is 7.44. The number of nitrogens with one attached hydrogen (secondary N) is 2. The van der Waals surface area contributed by atoms with E-state index in [9.17, 15) is 4.79 Å². The molecule has 1 saturated heterocycles. The predicted octanol–water partition coefficient (Wildman–Crippen LogP) is 1.49. The Morgan fingerprint density at radius 2 is 2.25 bits per heavy atom. The largest absolute Gasteiger partial charge is 0.351 e. The van der Waals surface area contributed by atoms with Crippen LogP contribution < -0.4 is 10.6 Å². The van der Waals surface area contributed by atoms with Crippen molar-refractivity contribution in [1.82, 2.24) is 10.6 Å². The number of carbonyl (C=O) groups excluding carboxylic acids is 1. The minimum absolute atomic E-state index is 0.108. The van der Waals surface area contributed by atoms with Crippen LogP contribution in [0.15, 0.2) is 0 Å². The molecule has 1 fully saturated rings. The normalized spacial score (nSPS) is 32.1. The Kier molecular flexibility index (Phi) is 5.62. The Balaban J connectivity index is 2.47. The van der Waals surface area contributed by atoms with E-state index < -0.39 is 0 Å². The highest BCUT2D eigenvalue weighted by molar-refractivity contribution is 7.98. The molecule has 3 nitrogen and oxygen atoms in total. The molecule has 0 aliphatic carbocycles. The van der Waals surface area contributed by atoms with Crippen molar-refractivity contribution in [1.29, 1.82) is 0 Å². The van der Waals surface area contributed by atoms with Gasteiger partial charge in [0.25, 0.3) is 0 Å². The van der Waals surface area contributed by atoms with Gasteiger partial charge in [0, 0.05) is 23.8 Å². The summed E-state index contributed by atoms with van der Waals surface area (Å²) in [6, 6.07) is 0.666. The minimum atomic E-state index is 0.108. The van der Waals surface area contributed by atoms with Gasteiger partial charge in [-0.25, -0.2) is 0 Å². The van der Waals surface area contributed by atoms with Gasteiger partial charge in [-0.2, -0.15) is 11.8 Å². The molecule has 94 valence electrons. The first-order valence-electron chi connectivity index (χ1n) is 6.09. The van der Waals surface area contributed by atoms with Gasteiger partial charge < -0.3 is 10.6 Å². The van der Waals surface area contributed by atoms with E-state index in [1.165, 1.54) is 0 Å². The van der Waals surface area contributed by atoms with Crippen LogP contribution >= 0.6 is 11.8 Å². The molecule has 1 aliphatic rings. The van der Waals surface area contributed by atoms with Gasteiger partial charge >= 0.3 is 0 Å². The molecule has 1 aliphatic heterocycles. The van der Waals surface area contributed by atoms with Gasteiger partial charge in [-0.1, -0.05) is 13.8 Å². The van der Waals surface area contributed by atoms with Crippen LogP contribution in [0.4, 0.5) is 0 Å². The lowest BCUT2D eigenvalue weighted by Crippen LogP contribution is -2.56. The fourth-order valence-corrected chi connectivity index (χ4v) is 2.89. The van der Waals surface area contributed by atoms with Crippen LogP contribution in [0.2, 0.25) is 0 Å². The van der Waals surface area contributed by atoms with Gasteiger partial charge in [0.15, 0.2) is 0 Å². The molecule has 4 heteroatoms. The van der Waals surface area contributed by atoms with E-state index in [1.807, 2.05) is 13.2 Å². The predicted molar refractivity (Wildman–Crippen MR) is 70.7 cm³/mol. The lowest BCUT2D eigenvalue weighted by Gasteiger charge is -2.36. The third-order valence-electron chi connectivity index (χ3n) is 3.39. The summed E-state index contributed by atoms with van der Waals surface area (Å²) in [5, 5.41) is 6.61. The summed E-state index contributed by atoms with van der Waals surface area (Å²) in [5.41, 5.74) is 0. The summed E-state index contributed by atoms with van der Waals surface area (Å²) in [4.78, 5) is 11.9. The van der Waals surface area contributed by atoms with Gasteiger partial charge in [0.05, 0.1) is 0 Å². The summed E-state index contributed by atoms with van der Waals surface area (Å²) in [5.74, 6) is 1.77. The van der Waals surface area contributed by atoms with Gasteiger partial charge in [0.2, 0.25) is 5.91 Å². The summed E-state index contributed by atoms with van der Waals surface area (Å²) in [7, 11) is 0. The number of carbonyl (C=O) groups is 1. The minimum Gasteiger partial charge on any atom is -0.351 e. The van der Waals surface area contributed by atoms with Crippen molar-refractivity contribution in [2.45, 2.75) is 39.3 Å². The zero-order chi connectivity index (χ0) is 12.1. The monoisotopic (exact) mass is 244 g/mol. The zero-order valence-electron chi connectivity index (χ0n) is 10.7. The number of hydrogen-bond acceptors (Lipinski definition) is 3. The molecular formula is C12H24N2OS. The Bertz CT molecular complexity index is 225. The quantitative estimate of drug-likeness (QED) is 0.787. The van der Waals surface area contributed by atoms with Crippen LogP contribution in [0, 0.1) is 11.8 Å². The maximum Gasteiger partial charge on any atom is 0.223 e. The second-order valence-electron chi connectivity index (χ2n) is 4.90. The maximum absolute atomic E-state index is 11.9. The SMILES string of the molecule is CSCC(C)C(=O)NC1C(C)CCNC1C. The van der Waals surface area contributed by atoms with Crippen molar-refractivity contribution in [3.05, 3.63) is 0 Å². The van der Waals surface area contributed by atoms with E-state index >= 15 is 0 Å². The molecule has 0 radical (unpaired) electrons. The average Bonchev–Trinajstić information content (AvgIpc) is 2.23. The topological polar surface area (TPSA) is 41.1 Å². The third-order valence-corrected chi connectivity index (χ3v) is 4.22. The van der Waals surface area contributed by atoms with Crippen LogP contribution in [-0.4, -0.2) is 36.5 Å². The van der Waals surface area contributed by atoms with Crippen molar-refractivity contribution >= 4 is 17.7 Å². The van der Waals surface area contributed by atoms with E-state index in [1.54, 1.807) is 11.8 Å². The lowest BCUT2D eigenvalue weighted by atomic mass is 9.89. The van der Waals surface area contributed by atoms with E-state index in [2.05, 4.69) is 24.5 Å². The van der Waals surface area contributed by atoms with Gasteiger partial charge in [-0.3, -0.25) is 4.79 Å². The van der Waals surface area contributed by atoms with E-state index in [0.29, 0.717) is 12.0 Å². The summed E-state index contributed by atoms with van der Waals surface area (Å²) >= 11 is 1.73. The fraction of sp³-hybridized carbons (Fsp3) is 0.917. The Morgan fingerprint density at radius 3 is 2.81 bits per heavy atom. The number of hydrogen-bond donors (Lipinski definition) is 2. The fourth-order valence-electron chi connectivity index (χ4n) is 2.24. The number of amides is 1. The number of piperidine rings is 1. The maximum atomic E-state index is 11.9. The highest BCUT2D eigenvalue weighted by Crippen LogP contribution is 2.17. The van der Waals surface area contributed by atoms with Crippen LogP contribution in [0.25, 0.3) is 0 Å². The molecule has 16 heavy (non-hydrogen) atoms. The molecule has 1 amide bonds. The molecule has 4 unspecified atom stereocenters. The van der Waals surface area contributed by atoms with Crippen molar-refractivity contribution in [3.63, 3.8) is 0 Å². The highest BCUT2D eigenvalue weighted by Gasteiger charge is 2.29. The smallest absolute Gasteiger partial charge is 0.223 e. The first kappa shape index (κ1) is 13.8. The van der Waals surface area contributed by atoms with Crippen LogP contribution in [0.5, 0.6) is 0 Å². The summed E-state index contributed by atoms with van der Waals surface area (Å²) in [6.07, 6.45) is 3.18. The zero-order valence-corrected chi connectivity index (χ0v) is 11.6. The first-order chi connectivity index (χ1) is 7.56. The molecule has 1 heterocycles. The van der Waals surface area contributed by atoms with E-state index in [4.69, 9.17) is 0 Å². The number of thioether (sulfide) groups is 1. The third kappa shape index (κ3) is 3.67. The second kappa shape index (κ2) is 6.50. The standard InChI is InChI=1S/C12H24N2OS/c1-8-5-6-13-10(3)11(8)14-12(15)9(2)7-16-4/h8-11,13H,5-7H2,1-4H3,(H,14,15). The Morgan fingerprint density at radius 1 is 1.56 bits per heavy atom. The van der Waals surface area contributed by atoms with Gasteiger partial charge in [0.1, 0.15) is 0 Å².